The van der Waals surface area contributed by atoms with Gasteiger partial charge in [0.1, 0.15) is 0 Å². The zero-order valence-electron chi connectivity index (χ0n) is 16.5. The molecule has 0 aliphatic heterocycles. The summed E-state index contributed by atoms with van der Waals surface area (Å²) in [6, 6.07) is 8.04. The summed E-state index contributed by atoms with van der Waals surface area (Å²) in [5.74, 6) is -0.114. The minimum atomic E-state index is -0.774. The van der Waals surface area contributed by atoms with Crippen molar-refractivity contribution in [1.29, 1.82) is 0 Å². The van der Waals surface area contributed by atoms with E-state index in [-0.39, 0.29) is 30.1 Å². The number of carboxylic acids is 1. The minimum Gasteiger partial charge on any atom is -0.480 e. The number of aliphatic carboxylic acids is 1. The van der Waals surface area contributed by atoms with E-state index in [0.717, 1.165) is 30.6 Å². The summed E-state index contributed by atoms with van der Waals surface area (Å²) >= 11 is 0. The molecule has 0 aromatic heterocycles. The molecule has 6 nitrogen and oxygen atoms in total. The van der Waals surface area contributed by atoms with Crippen LogP contribution in [0.1, 0.15) is 52.0 Å². The van der Waals surface area contributed by atoms with Gasteiger partial charge in [-0.05, 0) is 48.6 Å². The summed E-state index contributed by atoms with van der Waals surface area (Å²) in [5, 5.41) is 15.1. The summed E-state index contributed by atoms with van der Waals surface area (Å²) in [7, 11) is 0. The number of para-hydroxylation sites is 1. The molecular formula is C21H31N3O3. The van der Waals surface area contributed by atoms with Gasteiger partial charge in [0.05, 0.1) is 6.54 Å². The topological polar surface area (TPSA) is 81.7 Å². The van der Waals surface area contributed by atoms with Gasteiger partial charge in [-0.25, -0.2) is 4.79 Å². The molecule has 0 bridgehead atoms. The summed E-state index contributed by atoms with van der Waals surface area (Å²) < 4.78 is 0. The molecule has 1 aromatic rings. The van der Waals surface area contributed by atoms with Crippen molar-refractivity contribution in [2.75, 3.05) is 18.4 Å². The van der Waals surface area contributed by atoms with Crippen molar-refractivity contribution in [3.8, 4) is 0 Å². The molecule has 2 fully saturated rings. The first-order valence-corrected chi connectivity index (χ1v) is 9.85. The average Bonchev–Trinajstić information content (AvgIpc) is 3.33. The Morgan fingerprint density at radius 2 is 1.85 bits per heavy atom. The lowest BCUT2D eigenvalue weighted by molar-refractivity contribution is -0.139. The third kappa shape index (κ3) is 5.45. The molecule has 0 atom stereocenters. The van der Waals surface area contributed by atoms with E-state index in [0.29, 0.717) is 5.92 Å². The number of nitrogens with zero attached hydrogens (tertiary/aromatic N) is 1. The highest BCUT2D eigenvalue weighted by atomic mass is 16.4. The molecule has 3 N–H and O–H groups in total. The highest BCUT2D eigenvalue weighted by Crippen LogP contribution is 2.34. The number of urea groups is 1. The molecule has 1 aromatic carbocycles. The zero-order valence-corrected chi connectivity index (χ0v) is 16.5. The Labute approximate surface area is 161 Å². The molecular weight excluding hydrogens is 342 g/mol. The number of rotatable bonds is 7. The van der Waals surface area contributed by atoms with E-state index in [1.54, 1.807) is 0 Å². The fraction of sp³-hybridized carbons (Fsp3) is 0.619. The van der Waals surface area contributed by atoms with Crippen LogP contribution in [0, 0.1) is 5.92 Å². The number of hydrogen-bond acceptors (Lipinski definition) is 3. The molecule has 148 valence electrons. The number of carbonyl (C=O) groups excluding carboxylic acids is 1. The molecule has 0 radical (unpaired) electrons. The van der Waals surface area contributed by atoms with Crippen LogP contribution in [0.25, 0.3) is 0 Å². The molecule has 2 aliphatic carbocycles. The van der Waals surface area contributed by atoms with E-state index in [4.69, 9.17) is 5.11 Å². The van der Waals surface area contributed by atoms with Crippen molar-refractivity contribution < 1.29 is 14.7 Å². The Bertz CT molecular complexity index is 688. The maximum Gasteiger partial charge on any atom is 0.319 e. The normalized spacial score (nSPS) is 22.2. The molecule has 0 saturated heterocycles. The molecule has 2 amide bonds. The van der Waals surface area contributed by atoms with Crippen molar-refractivity contribution in [1.82, 2.24) is 10.2 Å². The molecule has 6 heteroatoms. The molecule has 0 unspecified atom stereocenters. The maximum absolute atomic E-state index is 12.4. The smallest absolute Gasteiger partial charge is 0.319 e. The first-order valence-electron chi connectivity index (χ1n) is 9.85. The van der Waals surface area contributed by atoms with Gasteiger partial charge in [0.15, 0.2) is 0 Å². The van der Waals surface area contributed by atoms with E-state index < -0.39 is 5.97 Å². The second kappa shape index (κ2) is 7.89. The molecule has 0 heterocycles. The Balaban J connectivity index is 1.50. The van der Waals surface area contributed by atoms with Crippen molar-refractivity contribution in [3.05, 3.63) is 29.8 Å². The monoisotopic (exact) mass is 373 g/mol. The van der Waals surface area contributed by atoms with Gasteiger partial charge in [-0.15, -0.1) is 0 Å². The van der Waals surface area contributed by atoms with Gasteiger partial charge in [0.2, 0.25) is 0 Å². The minimum absolute atomic E-state index is 0.0500. The number of carboxylic acid groups (broad SMARTS) is 1. The summed E-state index contributed by atoms with van der Waals surface area (Å²) in [4.78, 5) is 25.6. The van der Waals surface area contributed by atoms with E-state index in [1.165, 1.54) is 12.8 Å². The van der Waals surface area contributed by atoms with Gasteiger partial charge in [0, 0.05) is 24.3 Å². The number of amides is 2. The van der Waals surface area contributed by atoms with Crippen molar-refractivity contribution in [2.24, 2.45) is 5.92 Å². The highest BCUT2D eigenvalue weighted by Gasteiger charge is 2.37. The highest BCUT2D eigenvalue weighted by molar-refractivity contribution is 5.90. The van der Waals surface area contributed by atoms with Crippen molar-refractivity contribution >= 4 is 17.7 Å². The third-order valence-corrected chi connectivity index (χ3v) is 5.48. The van der Waals surface area contributed by atoms with Gasteiger partial charge >= 0.3 is 12.0 Å². The molecule has 2 aliphatic rings. The van der Waals surface area contributed by atoms with Crippen LogP contribution in [-0.2, 0) is 10.2 Å². The van der Waals surface area contributed by atoms with Gasteiger partial charge in [-0.3, -0.25) is 9.69 Å². The quantitative estimate of drug-likeness (QED) is 0.684. The van der Waals surface area contributed by atoms with E-state index in [2.05, 4.69) is 36.3 Å². The Morgan fingerprint density at radius 1 is 1.19 bits per heavy atom. The van der Waals surface area contributed by atoms with Crippen LogP contribution in [-0.4, -0.2) is 47.2 Å². The van der Waals surface area contributed by atoms with Gasteiger partial charge in [-0.2, -0.15) is 0 Å². The third-order valence-electron chi connectivity index (χ3n) is 5.48. The van der Waals surface area contributed by atoms with Crippen molar-refractivity contribution in [3.63, 3.8) is 0 Å². The maximum atomic E-state index is 12.4. The number of carbonyl (C=O) groups is 2. The largest absolute Gasteiger partial charge is 0.480 e. The Kier molecular flexibility index (Phi) is 5.75. The second-order valence-corrected chi connectivity index (χ2v) is 8.98. The van der Waals surface area contributed by atoms with Crippen LogP contribution in [0.2, 0.25) is 0 Å². The molecule has 27 heavy (non-hydrogen) atoms. The average molecular weight is 373 g/mol. The zero-order chi connectivity index (χ0) is 19.6. The van der Waals surface area contributed by atoms with Crippen LogP contribution < -0.4 is 10.6 Å². The van der Waals surface area contributed by atoms with Crippen LogP contribution in [0.4, 0.5) is 10.5 Å². The van der Waals surface area contributed by atoms with E-state index >= 15 is 0 Å². The fourth-order valence-electron chi connectivity index (χ4n) is 3.74. The SMILES string of the molecule is CC(C)(C)c1ccccc1NC(=O)NC1CC(N(CC(=O)O)CC2CC2)C1. The predicted octanol–water partition coefficient (Wildman–Crippen LogP) is 3.43. The number of hydrogen-bond donors (Lipinski definition) is 3. The molecule has 3 rings (SSSR count). The lowest BCUT2D eigenvalue weighted by Gasteiger charge is -2.42. The predicted molar refractivity (Wildman–Crippen MR) is 106 cm³/mol. The van der Waals surface area contributed by atoms with E-state index in [9.17, 15) is 9.59 Å². The lowest BCUT2D eigenvalue weighted by Crippen LogP contribution is -2.55. The Hall–Kier alpha value is -2.08. The number of anilines is 1. The number of nitrogens with one attached hydrogen (secondary N) is 2. The first-order chi connectivity index (χ1) is 12.7. The summed E-state index contributed by atoms with van der Waals surface area (Å²) in [6.07, 6.45) is 4.04. The van der Waals surface area contributed by atoms with Crippen LogP contribution in [0.15, 0.2) is 24.3 Å². The summed E-state index contributed by atoms with van der Waals surface area (Å²) in [6.45, 7) is 7.34. The fourth-order valence-corrected chi connectivity index (χ4v) is 3.74. The van der Waals surface area contributed by atoms with Crippen molar-refractivity contribution in [2.45, 2.75) is 64.0 Å². The van der Waals surface area contributed by atoms with E-state index in [1.807, 2.05) is 24.3 Å². The lowest BCUT2D eigenvalue weighted by atomic mass is 9.85. The van der Waals surface area contributed by atoms with Crippen LogP contribution in [0.5, 0.6) is 0 Å². The van der Waals surface area contributed by atoms with Crippen LogP contribution >= 0.6 is 0 Å². The van der Waals surface area contributed by atoms with Gasteiger partial charge < -0.3 is 15.7 Å². The molecule has 0 spiro atoms. The molecule has 2 saturated carbocycles. The van der Waals surface area contributed by atoms with Gasteiger partial charge in [-0.1, -0.05) is 39.0 Å². The first kappa shape index (κ1) is 19.7. The Morgan fingerprint density at radius 3 is 2.44 bits per heavy atom. The van der Waals surface area contributed by atoms with Crippen LogP contribution in [0.3, 0.4) is 0 Å². The standard InChI is InChI=1S/C21H31N3O3/c1-21(2,3)17-6-4-5-7-18(17)23-20(27)22-15-10-16(11-15)24(13-19(25)26)12-14-8-9-14/h4-7,14-16H,8-13H2,1-3H3,(H,25,26)(H2,22,23,27). The summed E-state index contributed by atoms with van der Waals surface area (Å²) in [5.41, 5.74) is 1.88. The number of benzene rings is 1. The second-order valence-electron chi connectivity index (χ2n) is 8.98. The van der Waals surface area contributed by atoms with Gasteiger partial charge in [0.25, 0.3) is 0 Å².